The summed E-state index contributed by atoms with van der Waals surface area (Å²) in [4.78, 5) is 45.0. The average molecular weight is 515 g/mol. The Hall–Kier alpha value is -2.32. The molecule has 1 spiro atoms. The quantitative estimate of drug-likeness (QED) is 0.276. The zero-order valence-corrected chi connectivity index (χ0v) is 22.4. The number of fused-ring (bicyclic) bond motifs is 1. The molecular weight excluding hydrogens is 476 g/mol. The van der Waals surface area contributed by atoms with E-state index < -0.39 is 22.6 Å². The largest absolute Gasteiger partial charge is 0.466 e. The number of nitrogens with zero attached hydrogens (tertiary/aromatic N) is 2. The monoisotopic (exact) mass is 514 g/mol. The summed E-state index contributed by atoms with van der Waals surface area (Å²) in [6.45, 7) is 10.8. The summed E-state index contributed by atoms with van der Waals surface area (Å²) in [7, 11) is 0. The van der Waals surface area contributed by atoms with Gasteiger partial charge in [0, 0.05) is 30.6 Å². The molecule has 3 fully saturated rings. The van der Waals surface area contributed by atoms with Crippen LogP contribution < -0.4 is 4.90 Å². The Balaban J connectivity index is 1.75. The molecule has 2 unspecified atom stereocenters. The number of rotatable bonds is 11. The molecule has 1 aromatic rings. The van der Waals surface area contributed by atoms with Gasteiger partial charge in [0.2, 0.25) is 5.91 Å². The first-order valence-electron chi connectivity index (χ1n) is 13.1. The van der Waals surface area contributed by atoms with Crippen LogP contribution in [0.25, 0.3) is 0 Å². The third-order valence-electron chi connectivity index (χ3n) is 7.88. The molecule has 8 heteroatoms. The lowest BCUT2D eigenvalue weighted by molar-refractivity contribution is -0.153. The number of benzene rings is 1. The van der Waals surface area contributed by atoms with Gasteiger partial charge >= 0.3 is 5.97 Å². The highest BCUT2D eigenvalue weighted by Crippen LogP contribution is 2.66. The Labute approximate surface area is 218 Å². The van der Waals surface area contributed by atoms with Crippen LogP contribution in [0.3, 0.4) is 0 Å². The third-order valence-corrected chi connectivity index (χ3v) is 9.83. The van der Waals surface area contributed by atoms with Crippen LogP contribution >= 0.6 is 11.8 Å². The fraction of sp³-hybridized carbons (Fsp3) is 0.607. The molecule has 3 saturated heterocycles. The number of aliphatic hydroxyl groups is 1. The molecule has 3 heterocycles. The number of unbranched alkanes of at least 4 members (excludes halogenated alkanes) is 2. The number of carbonyl (C=O) groups is 3. The minimum absolute atomic E-state index is 0.00148. The lowest BCUT2D eigenvalue weighted by atomic mass is 9.71. The second-order valence-electron chi connectivity index (χ2n) is 10.2. The van der Waals surface area contributed by atoms with Gasteiger partial charge in [0.25, 0.3) is 5.91 Å². The topological polar surface area (TPSA) is 87.2 Å². The van der Waals surface area contributed by atoms with Gasteiger partial charge in [-0.25, -0.2) is 0 Å². The van der Waals surface area contributed by atoms with Crippen LogP contribution in [0.4, 0.5) is 5.69 Å². The number of aryl methyl sites for hydroxylation is 2. The van der Waals surface area contributed by atoms with Gasteiger partial charge in [-0.2, -0.15) is 0 Å². The summed E-state index contributed by atoms with van der Waals surface area (Å²) >= 11 is 1.66. The Morgan fingerprint density at radius 2 is 2.08 bits per heavy atom. The second-order valence-corrected chi connectivity index (χ2v) is 11.8. The number of esters is 1. The minimum atomic E-state index is -0.654. The maximum Gasteiger partial charge on any atom is 0.310 e. The van der Waals surface area contributed by atoms with Crippen molar-refractivity contribution < 1.29 is 24.2 Å². The standard InChI is InChI=1S/C28H38N2O5S/c1-5-14-29(20-17-18(3)10-11-19(20)4)26(33)24-28-13-12-21(36-28)22(27(34)35-6-2)23(28)25(32)30(24)15-8-7-9-16-31/h5,10-11,17,21-24,31H,1,6-9,12-16H2,2-4H3/t21-,22+,23+,24?,28?/m1/s1. The van der Waals surface area contributed by atoms with Crippen molar-refractivity contribution >= 4 is 35.2 Å². The van der Waals surface area contributed by atoms with Gasteiger partial charge in [0.05, 0.1) is 23.2 Å². The van der Waals surface area contributed by atoms with Crippen molar-refractivity contribution in [2.24, 2.45) is 11.8 Å². The molecule has 2 bridgehead atoms. The maximum absolute atomic E-state index is 14.5. The first kappa shape index (κ1) is 26.7. The highest BCUT2D eigenvalue weighted by molar-refractivity contribution is 8.02. The second kappa shape index (κ2) is 11.0. The number of anilines is 1. The molecule has 7 nitrogen and oxygen atoms in total. The van der Waals surface area contributed by atoms with Crippen molar-refractivity contribution in [3.8, 4) is 0 Å². The van der Waals surface area contributed by atoms with Crippen molar-refractivity contribution in [3.05, 3.63) is 42.0 Å². The number of ether oxygens (including phenoxy) is 1. The number of aliphatic hydroxyl groups excluding tert-OH is 1. The lowest BCUT2D eigenvalue weighted by Gasteiger charge is -2.37. The van der Waals surface area contributed by atoms with Crippen LogP contribution in [-0.4, -0.2) is 70.1 Å². The van der Waals surface area contributed by atoms with Crippen LogP contribution in [-0.2, 0) is 19.1 Å². The molecule has 2 amide bonds. The van der Waals surface area contributed by atoms with Crippen LogP contribution in [0.15, 0.2) is 30.9 Å². The molecular formula is C28H38N2O5S. The zero-order valence-electron chi connectivity index (χ0n) is 21.6. The van der Waals surface area contributed by atoms with Crippen LogP contribution in [0.2, 0.25) is 0 Å². The summed E-state index contributed by atoms with van der Waals surface area (Å²) in [5.74, 6) is -1.59. The molecule has 4 rings (SSSR count). The number of likely N-dealkylation sites (tertiary alicyclic amines) is 1. The van der Waals surface area contributed by atoms with Gasteiger partial charge in [-0.3, -0.25) is 14.4 Å². The Morgan fingerprint density at radius 1 is 1.31 bits per heavy atom. The first-order chi connectivity index (χ1) is 17.3. The van der Waals surface area contributed by atoms with E-state index in [-0.39, 0.29) is 36.2 Å². The molecule has 1 aromatic carbocycles. The van der Waals surface area contributed by atoms with E-state index >= 15 is 0 Å². The number of carbonyl (C=O) groups excluding carboxylic acids is 3. The van der Waals surface area contributed by atoms with Crippen molar-refractivity contribution in [3.63, 3.8) is 0 Å². The van der Waals surface area contributed by atoms with Gasteiger partial charge < -0.3 is 19.6 Å². The van der Waals surface area contributed by atoms with Gasteiger partial charge in [-0.05, 0) is 70.1 Å². The maximum atomic E-state index is 14.5. The van der Waals surface area contributed by atoms with E-state index in [0.29, 0.717) is 25.9 Å². The van der Waals surface area contributed by atoms with E-state index in [2.05, 4.69) is 6.58 Å². The smallest absolute Gasteiger partial charge is 0.310 e. The molecule has 5 atom stereocenters. The van der Waals surface area contributed by atoms with Crippen molar-refractivity contribution in [2.45, 2.75) is 68.9 Å². The van der Waals surface area contributed by atoms with Crippen molar-refractivity contribution in [1.29, 1.82) is 0 Å². The SMILES string of the molecule is C=CCN(C(=O)C1N(CCCCCO)C(=O)[C@@H]2[C@@H](C(=O)OCC)[C@H]3CCC12S3)c1cc(C)ccc1C. The van der Waals surface area contributed by atoms with E-state index in [1.165, 1.54) is 0 Å². The minimum Gasteiger partial charge on any atom is -0.466 e. The summed E-state index contributed by atoms with van der Waals surface area (Å²) in [5, 5.41) is 9.21. The van der Waals surface area contributed by atoms with Gasteiger partial charge in [0.15, 0.2) is 0 Å². The zero-order chi connectivity index (χ0) is 26.0. The number of amides is 2. The average Bonchev–Trinajstić information content (AvgIpc) is 3.49. The summed E-state index contributed by atoms with van der Waals surface area (Å²) in [6, 6.07) is 5.39. The Bertz CT molecular complexity index is 1030. The van der Waals surface area contributed by atoms with E-state index in [1.54, 1.807) is 34.6 Å². The molecule has 0 aliphatic carbocycles. The molecule has 0 radical (unpaired) electrons. The molecule has 36 heavy (non-hydrogen) atoms. The lowest BCUT2D eigenvalue weighted by Crippen LogP contribution is -2.55. The molecule has 196 valence electrons. The number of thioether (sulfide) groups is 1. The predicted molar refractivity (Wildman–Crippen MR) is 142 cm³/mol. The van der Waals surface area contributed by atoms with Crippen molar-refractivity contribution in [1.82, 2.24) is 4.90 Å². The summed E-state index contributed by atoms with van der Waals surface area (Å²) in [6.07, 6.45) is 5.36. The molecule has 1 N–H and O–H groups in total. The predicted octanol–water partition coefficient (Wildman–Crippen LogP) is 3.64. The van der Waals surface area contributed by atoms with E-state index in [1.807, 2.05) is 32.0 Å². The van der Waals surface area contributed by atoms with Crippen LogP contribution in [0.5, 0.6) is 0 Å². The van der Waals surface area contributed by atoms with E-state index in [4.69, 9.17) is 4.74 Å². The van der Waals surface area contributed by atoms with E-state index in [0.717, 1.165) is 36.1 Å². The number of hydrogen-bond donors (Lipinski definition) is 1. The Kier molecular flexibility index (Phi) is 8.15. The van der Waals surface area contributed by atoms with Crippen LogP contribution in [0, 0.1) is 25.7 Å². The number of hydrogen-bond acceptors (Lipinski definition) is 6. The highest BCUT2D eigenvalue weighted by Gasteiger charge is 2.74. The normalized spacial score (nSPS) is 28.3. The van der Waals surface area contributed by atoms with Gasteiger partial charge in [0.1, 0.15) is 6.04 Å². The molecule has 0 saturated carbocycles. The van der Waals surface area contributed by atoms with Crippen molar-refractivity contribution in [2.75, 3.05) is 31.2 Å². The fourth-order valence-electron chi connectivity index (χ4n) is 6.34. The third kappa shape index (κ3) is 4.47. The van der Waals surface area contributed by atoms with Crippen LogP contribution in [0.1, 0.15) is 50.2 Å². The molecule has 3 aliphatic heterocycles. The first-order valence-corrected chi connectivity index (χ1v) is 13.9. The summed E-state index contributed by atoms with van der Waals surface area (Å²) < 4.78 is 4.77. The molecule has 0 aromatic heterocycles. The highest BCUT2D eigenvalue weighted by atomic mass is 32.2. The Morgan fingerprint density at radius 3 is 2.78 bits per heavy atom. The molecule has 3 aliphatic rings. The van der Waals surface area contributed by atoms with E-state index in [9.17, 15) is 19.5 Å². The summed E-state index contributed by atoms with van der Waals surface area (Å²) in [5.41, 5.74) is 2.86. The van der Waals surface area contributed by atoms with Gasteiger partial charge in [-0.1, -0.05) is 18.2 Å². The fourth-order valence-corrected chi connectivity index (χ4v) is 8.54. The van der Waals surface area contributed by atoms with Gasteiger partial charge in [-0.15, -0.1) is 18.3 Å².